The molecule has 1 aromatic carbocycles. The number of hydrazine groups is 1. The third-order valence-corrected chi connectivity index (χ3v) is 4.70. The lowest BCUT2D eigenvalue weighted by molar-refractivity contribution is -0.0979. The molecular weight excluding hydrogens is 394 g/mol. The number of allylic oxidation sites excluding steroid dienone is 1. The molecule has 4 N–H and O–H groups in total. The van der Waals surface area contributed by atoms with Crippen LogP contribution in [0.25, 0.3) is 4.91 Å². The monoisotopic (exact) mass is 429 g/mol. The predicted molar refractivity (Wildman–Crippen MR) is 134 cm³/mol. The van der Waals surface area contributed by atoms with Crippen molar-refractivity contribution in [2.45, 2.75) is 47.0 Å². The summed E-state index contributed by atoms with van der Waals surface area (Å²) in [6.07, 6.45) is 3.57. The third-order valence-electron chi connectivity index (χ3n) is 4.12. The van der Waals surface area contributed by atoms with Crippen LogP contribution in [-0.4, -0.2) is 25.0 Å². The number of carbonyl (C=O) groups excluding carboxylic acids is 1. The van der Waals surface area contributed by atoms with Gasteiger partial charge in [0.1, 0.15) is 6.79 Å². The molecule has 164 valence electrons. The number of benzene rings is 1. The van der Waals surface area contributed by atoms with Crippen molar-refractivity contribution in [3.05, 3.63) is 59.0 Å². The van der Waals surface area contributed by atoms with Crippen LogP contribution in [-0.2, 0) is 10.2 Å². The Bertz CT molecular complexity index is 840. The van der Waals surface area contributed by atoms with Crippen LogP contribution in [0.15, 0.2) is 47.2 Å². The number of anilines is 2. The van der Waals surface area contributed by atoms with Gasteiger partial charge in [-0.05, 0) is 57.0 Å². The molecule has 0 aliphatic carbocycles. The van der Waals surface area contributed by atoms with Crippen molar-refractivity contribution in [1.82, 2.24) is 4.98 Å². The van der Waals surface area contributed by atoms with Gasteiger partial charge in [0, 0.05) is 22.9 Å². The van der Waals surface area contributed by atoms with E-state index in [1.165, 1.54) is 12.6 Å². The number of nitrogens with two attached hydrogens (primary N) is 1. The van der Waals surface area contributed by atoms with Gasteiger partial charge in [0.2, 0.25) is 0 Å². The summed E-state index contributed by atoms with van der Waals surface area (Å²) >= 11 is 4.58. The molecule has 2 aromatic rings. The molecule has 0 spiro atoms. The van der Waals surface area contributed by atoms with Gasteiger partial charge in [0.05, 0.1) is 22.8 Å². The van der Waals surface area contributed by atoms with E-state index in [0.29, 0.717) is 0 Å². The average Bonchev–Trinajstić information content (AvgIpc) is 2.75. The number of aryl methyl sites for hydroxylation is 1. The van der Waals surface area contributed by atoms with E-state index in [2.05, 4.69) is 84.2 Å². The molecule has 0 fully saturated rings. The normalized spacial score (nSPS) is 11.5. The molecule has 0 unspecified atom stereocenters. The van der Waals surface area contributed by atoms with Gasteiger partial charge < -0.3 is 16.0 Å². The van der Waals surface area contributed by atoms with E-state index in [4.69, 9.17) is 4.79 Å². The maximum absolute atomic E-state index is 8.00. The number of rotatable bonds is 5. The Morgan fingerprint density at radius 1 is 1.17 bits per heavy atom. The van der Waals surface area contributed by atoms with Crippen molar-refractivity contribution >= 4 is 41.9 Å². The Morgan fingerprint density at radius 3 is 2.23 bits per heavy atom. The lowest BCUT2D eigenvalue weighted by Gasteiger charge is -2.19. The van der Waals surface area contributed by atoms with Gasteiger partial charge in [-0.2, -0.15) is 0 Å². The molecule has 0 saturated heterocycles. The van der Waals surface area contributed by atoms with Crippen molar-refractivity contribution in [2.24, 2.45) is 10.7 Å². The topological polar surface area (TPSA) is 92.4 Å². The largest absolute Gasteiger partial charge is 0.333 e. The number of hydrogen-bond donors (Lipinski definition) is 4. The number of carbonyl (C=O) groups is 1. The molecule has 0 bridgehead atoms. The first-order valence-electron chi connectivity index (χ1n) is 9.57. The van der Waals surface area contributed by atoms with E-state index in [-0.39, 0.29) is 5.41 Å². The summed E-state index contributed by atoms with van der Waals surface area (Å²) in [5.41, 5.74) is 17.0. The first-order chi connectivity index (χ1) is 14.2. The average molecular weight is 430 g/mol. The van der Waals surface area contributed by atoms with Crippen LogP contribution in [0.4, 0.5) is 11.4 Å². The second-order valence-corrected chi connectivity index (χ2v) is 7.70. The Labute approximate surface area is 186 Å². The maximum atomic E-state index is 8.00. The molecule has 0 amide bonds. The quantitative estimate of drug-likeness (QED) is 0.297. The fraction of sp³-hybridized carbons (Fsp3) is 0.348. The summed E-state index contributed by atoms with van der Waals surface area (Å²) in [6.45, 7) is 14.4. The highest BCUT2D eigenvalue weighted by atomic mass is 32.1. The van der Waals surface area contributed by atoms with Crippen molar-refractivity contribution < 1.29 is 4.79 Å². The number of aromatic nitrogens is 1. The molecule has 1 heterocycles. The zero-order valence-electron chi connectivity index (χ0n) is 19.1. The lowest BCUT2D eigenvalue weighted by Crippen LogP contribution is -2.13. The van der Waals surface area contributed by atoms with Crippen molar-refractivity contribution in [2.75, 3.05) is 17.9 Å². The molecule has 7 heteroatoms. The Morgan fingerprint density at radius 2 is 1.73 bits per heavy atom. The molecule has 0 saturated carbocycles. The first kappa shape index (κ1) is 27.4. The summed E-state index contributed by atoms with van der Waals surface area (Å²) < 4.78 is 0. The Balaban J connectivity index is 0.00000198. The smallest absolute Gasteiger partial charge is 0.106 e. The van der Waals surface area contributed by atoms with Gasteiger partial charge >= 0.3 is 0 Å². The van der Waals surface area contributed by atoms with Crippen LogP contribution >= 0.6 is 12.6 Å². The van der Waals surface area contributed by atoms with E-state index in [1.54, 1.807) is 6.21 Å². The lowest BCUT2D eigenvalue weighted by atomic mass is 9.87. The minimum atomic E-state index is 0.148. The van der Waals surface area contributed by atoms with E-state index < -0.39 is 0 Å². The van der Waals surface area contributed by atoms with Gasteiger partial charge in [-0.25, -0.2) is 0 Å². The van der Waals surface area contributed by atoms with Crippen LogP contribution < -0.4 is 16.6 Å². The minimum absolute atomic E-state index is 0.148. The van der Waals surface area contributed by atoms with Crippen molar-refractivity contribution in [3.8, 4) is 0 Å². The fourth-order valence-electron chi connectivity index (χ4n) is 2.45. The van der Waals surface area contributed by atoms with Gasteiger partial charge in [-0.3, -0.25) is 15.4 Å². The second kappa shape index (κ2) is 13.6. The van der Waals surface area contributed by atoms with Gasteiger partial charge in [0.15, 0.2) is 0 Å². The van der Waals surface area contributed by atoms with Crippen LogP contribution in [0.2, 0.25) is 0 Å². The Hall–Kier alpha value is -2.64. The zero-order valence-corrected chi connectivity index (χ0v) is 20.0. The minimum Gasteiger partial charge on any atom is -0.333 e. The summed E-state index contributed by atoms with van der Waals surface area (Å²) in [4.78, 5) is 17.6. The van der Waals surface area contributed by atoms with Gasteiger partial charge in [-0.1, -0.05) is 32.9 Å². The van der Waals surface area contributed by atoms with Crippen LogP contribution in [0, 0.1) is 6.92 Å². The van der Waals surface area contributed by atoms with E-state index >= 15 is 0 Å². The van der Waals surface area contributed by atoms with Crippen molar-refractivity contribution in [1.29, 1.82) is 0 Å². The van der Waals surface area contributed by atoms with Gasteiger partial charge in [-0.15, -0.1) is 12.6 Å². The molecular formula is C23H35N5OS. The zero-order chi connectivity index (χ0) is 23.3. The highest BCUT2D eigenvalue weighted by molar-refractivity contribution is 7.90. The van der Waals surface area contributed by atoms with E-state index in [0.717, 1.165) is 33.2 Å². The summed E-state index contributed by atoms with van der Waals surface area (Å²) in [6, 6.07) is 10.5. The molecule has 6 nitrogen and oxygen atoms in total. The highest BCUT2D eigenvalue weighted by Gasteiger charge is 2.12. The SMILES string of the molecule is C=O.CC=N/C(C)=C(\S)c1cnc(C)c(NNc2ccc(C(C)(C)C)cc2)c1.CN. The molecule has 0 aliphatic rings. The third kappa shape index (κ3) is 8.39. The molecule has 30 heavy (non-hydrogen) atoms. The number of pyridine rings is 1. The standard InChI is InChI=1S/C21H28N4S.CH5N.CH2O/c1-7-22-15(3)20(26)16-12-19(14(2)23-13-16)25-24-18-10-8-17(9-11-18)21(4,5)6;2*1-2/h7-13,24-26H,1-6H3;2H2,1H3;1H2/b20-15-,22-7?;;. The first-order valence-corrected chi connectivity index (χ1v) is 10.0. The van der Waals surface area contributed by atoms with Crippen LogP contribution in [0.5, 0.6) is 0 Å². The molecule has 2 rings (SSSR count). The fourth-order valence-corrected chi connectivity index (χ4v) is 2.63. The molecule has 0 aliphatic heterocycles. The second-order valence-electron chi connectivity index (χ2n) is 7.26. The van der Waals surface area contributed by atoms with Gasteiger partial charge in [0.25, 0.3) is 0 Å². The highest BCUT2D eigenvalue weighted by Crippen LogP contribution is 2.27. The summed E-state index contributed by atoms with van der Waals surface area (Å²) in [5, 5.41) is 0. The van der Waals surface area contributed by atoms with Crippen molar-refractivity contribution in [3.63, 3.8) is 0 Å². The van der Waals surface area contributed by atoms with Crippen LogP contribution in [0.3, 0.4) is 0 Å². The molecule has 0 atom stereocenters. The molecule has 1 aromatic heterocycles. The summed E-state index contributed by atoms with van der Waals surface area (Å²) in [5.74, 6) is 0. The number of aliphatic imine (C=N–C) groups is 1. The molecule has 0 radical (unpaired) electrons. The number of nitrogens with zero attached hydrogens (tertiary/aromatic N) is 2. The maximum Gasteiger partial charge on any atom is 0.106 e. The number of thiol groups is 1. The predicted octanol–water partition coefficient (Wildman–Crippen LogP) is 5.23. The van der Waals surface area contributed by atoms with E-state index in [1.807, 2.05) is 39.8 Å². The van der Waals surface area contributed by atoms with Crippen LogP contribution in [0.1, 0.15) is 51.4 Å². The number of nitrogens with one attached hydrogen (secondary N) is 2. The summed E-state index contributed by atoms with van der Waals surface area (Å²) in [7, 11) is 1.50. The van der Waals surface area contributed by atoms with E-state index in [9.17, 15) is 0 Å². The number of hydrogen-bond acceptors (Lipinski definition) is 7. The Kier molecular flexibility index (Phi) is 12.4.